The van der Waals surface area contributed by atoms with E-state index in [9.17, 15) is 14.7 Å². The number of urea groups is 1. The van der Waals surface area contributed by atoms with Crippen molar-refractivity contribution in [1.82, 2.24) is 24.5 Å². The molecule has 3 aromatic rings. The van der Waals surface area contributed by atoms with Gasteiger partial charge in [0.2, 0.25) is 0 Å². The van der Waals surface area contributed by atoms with Gasteiger partial charge in [-0.15, -0.1) is 5.10 Å². The molecule has 1 aromatic carbocycles. The lowest BCUT2D eigenvalue weighted by atomic mass is 10.0. The van der Waals surface area contributed by atoms with E-state index in [4.69, 9.17) is 9.84 Å². The average molecular weight is 485 g/mol. The van der Waals surface area contributed by atoms with Gasteiger partial charge in [-0.05, 0) is 51.3 Å². The van der Waals surface area contributed by atoms with Gasteiger partial charge in [-0.1, -0.05) is 20.8 Å². The maximum Gasteiger partial charge on any atom is 0.321 e. The number of aromatic nitrogens is 4. The summed E-state index contributed by atoms with van der Waals surface area (Å²) in [4.78, 5) is 34.9. The van der Waals surface area contributed by atoms with Crippen LogP contribution in [0.2, 0.25) is 0 Å². The molecule has 2 aromatic heterocycles. The quantitative estimate of drug-likeness (QED) is 0.379. The number of H-pyrrole nitrogens is 1. The minimum absolute atomic E-state index is 0.115. The topological polar surface area (TPSA) is 125 Å². The predicted molar refractivity (Wildman–Crippen MR) is 136 cm³/mol. The number of rotatable bonds is 11. The molecule has 0 spiro atoms. The second kappa shape index (κ2) is 11.8. The number of carbonyl (C=O) groups excluding carboxylic acids is 1. The monoisotopic (exact) mass is 484 g/mol. The van der Waals surface area contributed by atoms with Gasteiger partial charge < -0.3 is 25.0 Å². The van der Waals surface area contributed by atoms with E-state index in [1.54, 1.807) is 27.6 Å². The Hall–Kier alpha value is -3.40. The van der Waals surface area contributed by atoms with Crippen LogP contribution in [0.3, 0.4) is 0 Å². The first-order valence-corrected chi connectivity index (χ1v) is 12.3. The van der Waals surface area contributed by atoms with E-state index < -0.39 is 0 Å². The third-order valence-electron chi connectivity index (χ3n) is 5.99. The van der Waals surface area contributed by atoms with Crippen molar-refractivity contribution in [2.45, 2.75) is 59.8 Å². The Morgan fingerprint density at radius 1 is 1.23 bits per heavy atom. The number of amides is 2. The molecule has 0 bridgehead atoms. The predicted octanol–water partition coefficient (Wildman–Crippen LogP) is 3.93. The first-order valence-electron chi connectivity index (χ1n) is 12.3. The van der Waals surface area contributed by atoms with E-state index in [1.165, 1.54) is 0 Å². The lowest BCUT2D eigenvalue weighted by molar-refractivity contribution is 0.188. The number of hydrogen-bond acceptors (Lipinski definition) is 6. The van der Waals surface area contributed by atoms with Gasteiger partial charge in [-0.2, -0.15) is 0 Å². The summed E-state index contributed by atoms with van der Waals surface area (Å²) in [6.45, 7) is 10.9. The number of nitrogens with one attached hydrogen (secondary N) is 2. The number of ether oxygens (including phenoxy) is 1. The van der Waals surface area contributed by atoms with Crippen LogP contribution < -0.4 is 15.6 Å². The van der Waals surface area contributed by atoms with Crippen molar-refractivity contribution in [1.29, 1.82) is 0 Å². The largest absolute Gasteiger partial charge is 0.493 e. The van der Waals surface area contributed by atoms with Gasteiger partial charge in [-0.25, -0.2) is 14.3 Å². The van der Waals surface area contributed by atoms with Gasteiger partial charge >= 0.3 is 6.03 Å². The second-order valence-corrected chi connectivity index (χ2v) is 8.42. The van der Waals surface area contributed by atoms with Gasteiger partial charge in [0.05, 0.1) is 24.5 Å². The summed E-state index contributed by atoms with van der Waals surface area (Å²) in [5.41, 5.74) is 1.86. The fourth-order valence-corrected chi connectivity index (χ4v) is 4.21. The molecule has 190 valence electrons. The van der Waals surface area contributed by atoms with E-state index in [-0.39, 0.29) is 30.7 Å². The highest BCUT2D eigenvalue weighted by Gasteiger charge is 2.21. The van der Waals surface area contributed by atoms with Gasteiger partial charge in [0.1, 0.15) is 11.6 Å². The van der Waals surface area contributed by atoms with Crippen LogP contribution in [-0.4, -0.2) is 61.9 Å². The van der Waals surface area contributed by atoms with Crippen molar-refractivity contribution in [3.05, 3.63) is 40.1 Å². The summed E-state index contributed by atoms with van der Waals surface area (Å²) in [5, 5.41) is 16.9. The number of anilines is 1. The van der Waals surface area contributed by atoms with E-state index in [1.807, 2.05) is 20.8 Å². The molecular formula is C25H36N6O4. The first-order chi connectivity index (χ1) is 16.9. The molecule has 0 aliphatic heterocycles. The Morgan fingerprint density at radius 2 is 1.97 bits per heavy atom. The van der Waals surface area contributed by atoms with Gasteiger partial charge in [0.25, 0.3) is 5.56 Å². The number of imidazole rings is 1. The lowest BCUT2D eigenvalue weighted by Crippen LogP contribution is -2.37. The van der Waals surface area contributed by atoms with Gasteiger partial charge in [0.15, 0.2) is 11.3 Å². The molecule has 0 radical (unpaired) electrons. The second-order valence-electron chi connectivity index (χ2n) is 8.42. The fourth-order valence-electron chi connectivity index (χ4n) is 4.21. The molecular weight excluding hydrogens is 448 g/mol. The third kappa shape index (κ3) is 5.64. The molecule has 10 heteroatoms. The number of hydrogen-bond donors (Lipinski definition) is 3. The third-order valence-corrected chi connectivity index (χ3v) is 5.99. The molecule has 10 nitrogen and oxygen atoms in total. The van der Waals surface area contributed by atoms with Crippen molar-refractivity contribution >= 4 is 17.2 Å². The Bertz CT molecular complexity index is 1210. The summed E-state index contributed by atoms with van der Waals surface area (Å²) in [5.74, 6) is 1.80. The molecule has 0 aliphatic carbocycles. The summed E-state index contributed by atoms with van der Waals surface area (Å²) < 4.78 is 7.46. The first kappa shape index (κ1) is 26.2. The number of aromatic amines is 1. The van der Waals surface area contributed by atoms with Crippen molar-refractivity contribution < 1.29 is 14.6 Å². The normalized spacial score (nSPS) is 11.3. The molecule has 0 aliphatic rings. The average Bonchev–Trinajstić information content (AvgIpc) is 3.17. The Morgan fingerprint density at radius 3 is 2.60 bits per heavy atom. The summed E-state index contributed by atoms with van der Waals surface area (Å²) in [7, 11) is 0. The van der Waals surface area contributed by atoms with Crippen LogP contribution in [0.15, 0.2) is 23.0 Å². The highest BCUT2D eigenvalue weighted by atomic mass is 16.5. The van der Waals surface area contributed by atoms with Crippen LogP contribution in [0.1, 0.15) is 64.4 Å². The highest BCUT2D eigenvalue weighted by molar-refractivity contribution is 5.90. The standard InChI is InChI=1S/C25H36N6O4/c1-6-12-30(13-14-32)25(34)27-18-10-11-20(35-9-4)19(15-18)22-28-24(33)21-16(5)26-23(31(21)29-22)17(7-2)8-3/h10-11,15,17,32H,6-9,12-14H2,1-5H3,(H,27,34)(H,28,29,33). The molecule has 3 N–H and O–H groups in total. The SMILES string of the molecule is CCCN(CCO)C(=O)Nc1ccc(OCC)c(-c2nn3c(C(CC)CC)nc(C)c3c(=O)[nH]2)c1. The molecule has 2 heterocycles. The Balaban J connectivity index is 2.10. The zero-order valence-corrected chi connectivity index (χ0v) is 21.2. The molecule has 0 unspecified atom stereocenters. The minimum atomic E-state index is -0.311. The summed E-state index contributed by atoms with van der Waals surface area (Å²) in [6, 6.07) is 4.91. The number of fused-ring (bicyclic) bond motifs is 1. The van der Waals surface area contributed by atoms with Crippen LogP contribution in [0.4, 0.5) is 10.5 Å². The molecule has 0 saturated carbocycles. The fraction of sp³-hybridized carbons (Fsp3) is 0.520. The molecule has 0 saturated heterocycles. The number of benzene rings is 1. The smallest absolute Gasteiger partial charge is 0.321 e. The van der Waals surface area contributed by atoms with Crippen LogP contribution in [0.25, 0.3) is 16.9 Å². The van der Waals surface area contributed by atoms with E-state index in [0.29, 0.717) is 47.2 Å². The zero-order chi connectivity index (χ0) is 25.5. The molecule has 0 fully saturated rings. The number of carbonyl (C=O) groups is 1. The molecule has 0 atom stereocenters. The van der Waals surface area contributed by atoms with E-state index >= 15 is 0 Å². The van der Waals surface area contributed by atoms with Crippen LogP contribution in [0.5, 0.6) is 5.75 Å². The Kier molecular flexibility index (Phi) is 8.86. The van der Waals surface area contributed by atoms with Crippen LogP contribution in [0, 0.1) is 6.92 Å². The van der Waals surface area contributed by atoms with E-state index in [2.05, 4.69) is 29.1 Å². The highest BCUT2D eigenvalue weighted by Crippen LogP contribution is 2.31. The molecule has 3 rings (SSSR count). The Labute approximate surface area is 205 Å². The molecule has 35 heavy (non-hydrogen) atoms. The van der Waals surface area contributed by atoms with Crippen molar-refractivity contribution in [3.63, 3.8) is 0 Å². The summed E-state index contributed by atoms with van der Waals surface area (Å²) in [6.07, 6.45) is 2.54. The van der Waals surface area contributed by atoms with Crippen LogP contribution >= 0.6 is 0 Å². The van der Waals surface area contributed by atoms with Gasteiger partial charge in [0, 0.05) is 24.7 Å². The summed E-state index contributed by atoms with van der Waals surface area (Å²) >= 11 is 0. The minimum Gasteiger partial charge on any atom is -0.493 e. The van der Waals surface area contributed by atoms with Crippen LogP contribution in [-0.2, 0) is 0 Å². The number of aliphatic hydroxyl groups is 1. The maximum absolute atomic E-state index is 13.1. The van der Waals surface area contributed by atoms with Crippen molar-refractivity contribution in [2.24, 2.45) is 0 Å². The van der Waals surface area contributed by atoms with Crippen molar-refractivity contribution in [2.75, 3.05) is 31.6 Å². The van der Waals surface area contributed by atoms with E-state index in [0.717, 1.165) is 25.1 Å². The van der Waals surface area contributed by atoms with Gasteiger partial charge in [-0.3, -0.25) is 4.79 Å². The molecule has 2 amide bonds. The number of nitrogens with zero attached hydrogens (tertiary/aromatic N) is 4. The zero-order valence-electron chi connectivity index (χ0n) is 21.2. The lowest BCUT2D eigenvalue weighted by Gasteiger charge is -2.22. The number of aryl methyl sites for hydroxylation is 1. The number of aliphatic hydroxyl groups excluding tert-OH is 1. The van der Waals surface area contributed by atoms with Crippen molar-refractivity contribution in [3.8, 4) is 17.1 Å². The maximum atomic E-state index is 13.1.